The lowest BCUT2D eigenvalue weighted by molar-refractivity contribution is -0.129. The van der Waals surface area contributed by atoms with Crippen LogP contribution in [0.3, 0.4) is 0 Å². The molecule has 0 aliphatic rings. The van der Waals surface area contributed by atoms with Crippen LogP contribution in [-0.2, 0) is 9.59 Å². The molecule has 0 radical (unpaired) electrons. The Bertz CT molecular complexity index is 619. The molecule has 0 fully saturated rings. The number of nitrogens with one attached hydrogen (secondary N) is 2. The predicted octanol–water partition coefficient (Wildman–Crippen LogP) is 11.9. The van der Waals surface area contributed by atoms with Gasteiger partial charge >= 0.3 is 0 Å². The maximum atomic E-state index is 12.8. The van der Waals surface area contributed by atoms with Crippen molar-refractivity contribution in [2.75, 3.05) is 13.1 Å². The van der Waals surface area contributed by atoms with Crippen LogP contribution in [0.15, 0.2) is 0 Å². The van der Waals surface area contributed by atoms with Crippen LogP contribution < -0.4 is 16.4 Å². The Balaban J connectivity index is 0. The second-order valence-electron chi connectivity index (χ2n) is 14.0. The first-order valence-corrected chi connectivity index (χ1v) is 20.4. The zero-order valence-corrected chi connectivity index (χ0v) is 31.9. The highest BCUT2D eigenvalue weighted by atomic mass is 35.5. The minimum atomic E-state index is -0.424. The van der Waals surface area contributed by atoms with Crippen molar-refractivity contribution in [2.24, 2.45) is 5.73 Å². The van der Waals surface area contributed by atoms with E-state index in [1.165, 1.54) is 167 Å². The topological polar surface area (TPSA) is 84.2 Å². The van der Waals surface area contributed by atoms with E-state index in [1.807, 2.05) is 0 Å². The van der Waals surface area contributed by atoms with Gasteiger partial charge < -0.3 is 16.4 Å². The summed E-state index contributed by atoms with van der Waals surface area (Å²) in [5.74, 6) is -0.00160. The molecule has 0 saturated heterocycles. The highest BCUT2D eigenvalue weighted by Crippen LogP contribution is 2.15. The fraction of sp³-hybridized carbons (Fsp3) is 0.950. The SMILES string of the molecule is CCCCCCCCCCCCCCCCCCCCCC(=O)NC(CCCCN)C(=O)NCCCCCCCCCCCC.Cl. The first kappa shape index (κ1) is 47.3. The molecule has 0 aromatic rings. The Labute approximate surface area is 294 Å². The van der Waals surface area contributed by atoms with Gasteiger partial charge in [0.15, 0.2) is 0 Å². The van der Waals surface area contributed by atoms with Gasteiger partial charge in [0.05, 0.1) is 0 Å². The monoisotopic (exact) mass is 672 g/mol. The Morgan fingerprint density at radius 2 is 0.826 bits per heavy atom. The van der Waals surface area contributed by atoms with Gasteiger partial charge in [-0.05, 0) is 38.6 Å². The molecule has 5 nitrogen and oxygen atoms in total. The zero-order chi connectivity index (χ0) is 32.9. The molecule has 0 aromatic carbocycles. The third-order valence-electron chi connectivity index (χ3n) is 9.44. The molecule has 0 bridgehead atoms. The van der Waals surface area contributed by atoms with Crippen molar-refractivity contribution in [2.45, 2.75) is 232 Å². The molecular weight excluding hydrogens is 590 g/mol. The molecule has 0 rings (SSSR count). The van der Waals surface area contributed by atoms with Gasteiger partial charge in [-0.2, -0.15) is 0 Å². The van der Waals surface area contributed by atoms with Gasteiger partial charge in [0.1, 0.15) is 6.04 Å². The van der Waals surface area contributed by atoms with E-state index in [9.17, 15) is 9.59 Å². The molecule has 0 aliphatic heterocycles. The first-order chi connectivity index (χ1) is 22.2. The van der Waals surface area contributed by atoms with E-state index in [1.54, 1.807) is 0 Å². The third-order valence-corrected chi connectivity index (χ3v) is 9.44. The van der Waals surface area contributed by atoms with Crippen molar-refractivity contribution in [1.29, 1.82) is 0 Å². The molecule has 1 atom stereocenters. The normalized spacial score (nSPS) is 11.7. The van der Waals surface area contributed by atoms with E-state index in [-0.39, 0.29) is 24.2 Å². The summed E-state index contributed by atoms with van der Waals surface area (Å²) in [6.45, 7) is 5.88. The van der Waals surface area contributed by atoms with Crippen LogP contribution in [0.25, 0.3) is 0 Å². The van der Waals surface area contributed by atoms with Crippen molar-refractivity contribution >= 4 is 24.2 Å². The number of unbranched alkanes of at least 4 members (excludes halogenated alkanes) is 28. The number of hydrogen-bond acceptors (Lipinski definition) is 3. The average Bonchev–Trinajstić information content (AvgIpc) is 3.04. The fourth-order valence-corrected chi connectivity index (χ4v) is 6.34. The summed E-state index contributed by atoms with van der Waals surface area (Å²) in [4.78, 5) is 25.4. The van der Waals surface area contributed by atoms with Gasteiger partial charge in [-0.15, -0.1) is 12.4 Å². The van der Waals surface area contributed by atoms with E-state index >= 15 is 0 Å². The quantitative estimate of drug-likeness (QED) is 0.0574. The molecular formula is C40H82ClN3O2. The van der Waals surface area contributed by atoms with E-state index in [4.69, 9.17) is 5.73 Å². The molecule has 0 aliphatic carbocycles. The molecule has 46 heavy (non-hydrogen) atoms. The largest absolute Gasteiger partial charge is 0.354 e. The highest BCUT2D eigenvalue weighted by Gasteiger charge is 2.19. The minimum Gasteiger partial charge on any atom is -0.354 e. The van der Waals surface area contributed by atoms with Crippen molar-refractivity contribution in [3.63, 3.8) is 0 Å². The number of amides is 2. The molecule has 0 saturated carbocycles. The van der Waals surface area contributed by atoms with Crippen LogP contribution in [0.4, 0.5) is 0 Å². The second kappa shape index (κ2) is 40.4. The number of carbonyl (C=O) groups is 2. The van der Waals surface area contributed by atoms with E-state index < -0.39 is 6.04 Å². The van der Waals surface area contributed by atoms with E-state index in [0.717, 1.165) is 32.1 Å². The Hall–Kier alpha value is -0.810. The van der Waals surface area contributed by atoms with E-state index in [2.05, 4.69) is 24.5 Å². The van der Waals surface area contributed by atoms with Gasteiger partial charge in [0.25, 0.3) is 0 Å². The van der Waals surface area contributed by atoms with Gasteiger partial charge in [0, 0.05) is 13.0 Å². The molecule has 0 heterocycles. The lowest BCUT2D eigenvalue weighted by atomic mass is 10.0. The Kier molecular flexibility index (Phi) is 41.5. The average molecular weight is 673 g/mol. The van der Waals surface area contributed by atoms with Gasteiger partial charge in [-0.1, -0.05) is 187 Å². The smallest absolute Gasteiger partial charge is 0.242 e. The predicted molar refractivity (Wildman–Crippen MR) is 205 cm³/mol. The summed E-state index contributed by atoms with van der Waals surface area (Å²) in [5.41, 5.74) is 5.67. The van der Waals surface area contributed by atoms with Crippen LogP contribution in [-0.4, -0.2) is 30.9 Å². The number of halogens is 1. The number of rotatable bonds is 37. The Morgan fingerprint density at radius 1 is 0.478 bits per heavy atom. The maximum Gasteiger partial charge on any atom is 0.242 e. The minimum absolute atomic E-state index is 0. The summed E-state index contributed by atoms with van der Waals surface area (Å²) in [6, 6.07) is -0.424. The number of hydrogen-bond donors (Lipinski definition) is 3. The van der Waals surface area contributed by atoms with Gasteiger partial charge in [-0.3, -0.25) is 9.59 Å². The molecule has 0 aromatic heterocycles. The third kappa shape index (κ3) is 36.0. The van der Waals surface area contributed by atoms with Crippen LogP contribution in [0.1, 0.15) is 226 Å². The zero-order valence-electron chi connectivity index (χ0n) is 31.1. The Morgan fingerprint density at radius 3 is 1.20 bits per heavy atom. The molecule has 0 spiro atoms. The summed E-state index contributed by atoms with van der Waals surface area (Å²) < 4.78 is 0. The van der Waals surface area contributed by atoms with Gasteiger partial charge in [-0.25, -0.2) is 0 Å². The molecule has 6 heteroatoms. The molecule has 4 N–H and O–H groups in total. The summed E-state index contributed by atoms with van der Waals surface area (Å²) in [6.07, 6.45) is 41.5. The van der Waals surface area contributed by atoms with Crippen molar-refractivity contribution < 1.29 is 9.59 Å². The highest BCUT2D eigenvalue weighted by molar-refractivity contribution is 5.87. The molecule has 276 valence electrons. The van der Waals surface area contributed by atoms with Crippen molar-refractivity contribution in [3.8, 4) is 0 Å². The van der Waals surface area contributed by atoms with Crippen molar-refractivity contribution in [1.82, 2.24) is 10.6 Å². The fourth-order valence-electron chi connectivity index (χ4n) is 6.34. The number of carbonyl (C=O) groups excluding carboxylic acids is 2. The van der Waals surface area contributed by atoms with Crippen molar-refractivity contribution in [3.05, 3.63) is 0 Å². The van der Waals surface area contributed by atoms with Crippen LogP contribution >= 0.6 is 12.4 Å². The maximum absolute atomic E-state index is 12.8. The lowest BCUT2D eigenvalue weighted by Crippen LogP contribution is -2.47. The van der Waals surface area contributed by atoms with Gasteiger partial charge in [0.2, 0.25) is 11.8 Å². The molecule has 2 amide bonds. The number of nitrogens with two attached hydrogens (primary N) is 1. The first-order valence-electron chi connectivity index (χ1n) is 20.4. The van der Waals surface area contributed by atoms with E-state index in [0.29, 0.717) is 25.9 Å². The lowest BCUT2D eigenvalue weighted by Gasteiger charge is -2.18. The van der Waals surface area contributed by atoms with Crippen LogP contribution in [0.5, 0.6) is 0 Å². The summed E-state index contributed by atoms with van der Waals surface area (Å²) in [7, 11) is 0. The molecule has 1 unspecified atom stereocenters. The second-order valence-corrected chi connectivity index (χ2v) is 14.0. The summed E-state index contributed by atoms with van der Waals surface area (Å²) >= 11 is 0. The standard InChI is InChI=1S/C40H81N3O2.ClH/c1-3-5-7-9-11-13-15-16-17-18-19-20-21-22-23-24-26-28-30-35-39(44)43-38(34-31-32-36-41)40(45)42-37-33-29-27-25-14-12-10-8-6-4-2;/h38H,3-37,41H2,1-2H3,(H,42,45)(H,43,44);1H. The summed E-state index contributed by atoms with van der Waals surface area (Å²) in [5, 5.41) is 6.12. The van der Waals surface area contributed by atoms with Crippen LogP contribution in [0, 0.1) is 0 Å². The van der Waals surface area contributed by atoms with Crippen LogP contribution in [0.2, 0.25) is 0 Å².